The van der Waals surface area contributed by atoms with E-state index in [2.05, 4.69) is 217 Å². The van der Waals surface area contributed by atoms with Crippen LogP contribution < -0.4 is 0 Å². The van der Waals surface area contributed by atoms with Gasteiger partial charge in [0.1, 0.15) is 0 Å². The van der Waals surface area contributed by atoms with E-state index in [1.165, 1.54) is 121 Å². The van der Waals surface area contributed by atoms with Gasteiger partial charge in [-0.05, 0) is 129 Å². The molecule has 0 saturated carbocycles. The fraction of sp³-hybridized carbons (Fsp3) is 0. The van der Waals surface area contributed by atoms with Crippen molar-refractivity contribution >= 4 is 64.9 Å². The zero-order valence-electron chi connectivity index (χ0n) is 32.2. The Morgan fingerprint density at radius 2 is 0.881 bits per heavy atom. The lowest BCUT2D eigenvalue weighted by Crippen LogP contribution is -1.96. The highest BCUT2D eigenvalue weighted by Gasteiger charge is 2.28. The first-order valence-electron chi connectivity index (χ1n) is 20.5. The molecule has 0 N–H and O–H groups in total. The Morgan fingerprint density at radius 3 is 1.71 bits per heavy atom. The summed E-state index contributed by atoms with van der Waals surface area (Å²) in [4.78, 5) is 0. The van der Waals surface area contributed by atoms with Gasteiger partial charge in [0.2, 0.25) is 0 Å². The van der Waals surface area contributed by atoms with Crippen molar-refractivity contribution in [1.82, 2.24) is 4.57 Å². The van der Waals surface area contributed by atoms with Gasteiger partial charge in [-0.15, -0.1) is 0 Å². The fourth-order valence-corrected chi connectivity index (χ4v) is 10.3. The van der Waals surface area contributed by atoms with Crippen LogP contribution in [0, 0.1) is 0 Å². The molecule has 272 valence electrons. The van der Waals surface area contributed by atoms with Crippen molar-refractivity contribution in [3.05, 3.63) is 212 Å². The van der Waals surface area contributed by atoms with Crippen LogP contribution in [0.3, 0.4) is 0 Å². The van der Waals surface area contributed by atoms with Gasteiger partial charge in [-0.3, -0.25) is 0 Å². The lowest BCUT2D eigenvalue weighted by atomic mass is 9.86. The molecule has 1 heteroatoms. The molecule has 0 aliphatic heterocycles. The Bertz CT molecular complexity index is 3710. The van der Waals surface area contributed by atoms with Crippen LogP contribution in [0.1, 0.15) is 0 Å². The molecule has 13 rings (SSSR count). The summed E-state index contributed by atoms with van der Waals surface area (Å²) >= 11 is 0. The number of benzene rings is 11. The maximum absolute atomic E-state index is 2.51. The molecular formula is C58H35N. The van der Waals surface area contributed by atoms with E-state index in [4.69, 9.17) is 0 Å². The van der Waals surface area contributed by atoms with E-state index in [1.54, 1.807) is 0 Å². The smallest absolute Gasteiger partial charge is 0.0547 e. The number of rotatable bonds is 4. The van der Waals surface area contributed by atoms with Crippen LogP contribution in [0.4, 0.5) is 0 Å². The molecule has 0 atom stereocenters. The molecule has 0 radical (unpaired) electrons. The van der Waals surface area contributed by atoms with E-state index in [1.807, 2.05) is 0 Å². The SMILES string of the molecule is c1ccc(-c2ccccc2-c2cc3ccc(-n4c5cc(-c6cccc7ccccc67)ccc5c5c6ccccc6ccc54)cc3c3c2-c2cccc4cccc-3c24)cc1. The normalized spacial score (nSPS) is 12.1. The van der Waals surface area contributed by atoms with E-state index in [0.29, 0.717) is 0 Å². The van der Waals surface area contributed by atoms with Gasteiger partial charge in [0.05, 0.1) is 11.0 Å². The highest BCUT2D eigenvalue weighted by atomic mass is 15.0. The third-order valence-electron chi connectivity index (χ3n) is 12.9. The van der Waals surface area contributed by atoms with Gasteiger partial charge in [0, 0.05) is 16.5 Å². The zero-order valence-corrected chi connectivity index (χ0v) is 32.2. The highest BCUT2D eigenvalue weighted by Crippen LogP contribution is 2.55. The van der Waals surface area contributed by atoms with Crippen molar-refractivity contribution in [2.24, 2.45) is 0 Å². The van der Waals surface area contributed by atoms with Crippen molar-refractivity contribution in [2.45, 2.75) is 0 Å². The maximum Gasteiger partial charge on any atom is 0.0547 e. The summed E-state index contributed by atoms with van der Waals surface area (Å²) in [5.74, 6) is 0. The quantitative estimate of drug-likeness (QED) is 0.169. The van der Waals surface area contributed by atoms with Crippen molar-refractivity contribution in [2.75, 3.05) is 0 Å². The number of hydrogen-bond acceptors (Lipinski definition) is 0. The molecule has 1 aliphatic rings. The highest BCUT2D eigenvalue weighted by molar-refractivity contribution is 6.26. The van der Waals surface area contributed by atoms with Crippen LogP contribution in [0.15, 0.2) is 212 Å². The standard InChI is InChI=1S/C58H35N/c1-2-13-36(14-3-1)44-21-8-9-23-47(44)52-33-40-27-30-42(35-51(40)57-49-25-11-18-39-19-12-26-50(55(39)49)58(52)57)59-53-32-29-38-16-5-7-22-46(38)56(53)48-31-28-41(34-54(48)59)45-24-10-17-37-15-4-6-20-43(37)45/h1-35H. The summed E-state index contributed by atoms with van der Waals surface area (Å²) in [6, 6.07) is 78.8. The Kier molecular flexibility index (Phi) is 6.79. The van der Waals surface area contributed by atoms with Gasteiger partial charge in [-0.2, -0.15) is 0 Å². The first-order valence-corrected chi connectivity index (χ1v) is 20.5. The predicted molar refractivity (Wildman–Crippen MR) is 252 cm³/mol. The van der Waals surface area contributed by atoms with Crippen LogP contribution >= 0.6 is 0 Å². The first kappa shape index (κ1) is 32.4. The van der Waals surface area contributed by atoms with Crippen molar-refractivity contribution < 1.29 is 0 Å². The van der Waals surface area contributed by atoms with Crippen LogP contribution in [0.25, 0.3) is 126 Å². The Balaban J connectivity index is 1.12. The molecule has 1 aromatic heterocycles. The van der Waals surface area contributed by atoms with Crippen LogP contribution in [0.5, 0.6) is 0 Å². The predicted octanol–water partition coefficient (Wildman–Crippen LogP) is 16.0. The van der Waals surface area contributed by atoms with E-state index in [9.17, 15) is 0 Å². The number of hydrogen-bond donors (Lipinski definition) is 0. The van der Waals surface area contributed by atoms with Gasteiger partial charge in [-0.25, -0.2) is 0 Å². The van der Waals surface area contributed by atoms with Crippen molar-refractivity contribution in [1.29, 1.82) is 0 Å². The van der Waals surface area contributed by atoms with Gasteiger partial charge in [0.25, 0.3) is 0 Å². The van der Waals surface area contributed by atoms with Crippen molar-refractivity contribution in [3.8, 4) is 61.3 Å². The molecule has 1 nitrogen and oxygen atoms in total. The first-order chi connectivity index (χ1) is 29.3. The number of aromatic nitrogens is 1. The van der Waals surface area contributed by atoms with Gasteiger partial charge in [-0.1, -0.05) is 182 Å². The molecule has 59 heavy (non-hydrogen) atoms. The fourth-order valence-electron chi connectivity index (χ4n) is 10.3. The second-order valence-corrected chi connectivity index (χ2v) is 16.0. The minimum Gasteiger partial charge on any atom is -0.309 e. The van der Waals surface area contributed by atoms with E-state index < -0.39 is 0 Å². The Hall–Kier alpha value is -7.74. The minimum absolute atomic E-state index is 1.16. The molecule has 0 unspecified atom stereocenters. The second-order valence-electron chi connectivity index (χ2n) is 16.0. The average Bonchev–Trinajstić information content (AvgIpc) is 3.83. The zero-order chi connectivity index (χ0) is 38.6. The maximum atomic E-state index is 2.51. The third kappa shape index (κ3) is 4.67. The monoisotopic (exact) mass is 745 g/mol. The molecule has 1 heterocycles. The van der Waals surface area contributed by atoms with Crippen molar-refractivity contribution in [3.63, 3.8) is 0 Å². The molecule has 0 amide bonds. The molecule has 1 aliphatic carbocycles. The molecule has 0 bridgehead atoms. The van der Waals surface area contributed by atoms with Gasteiger partial charge >= 0.3 is 0 Å². The summed E-state index contributed by atoms with van der Waals surface area (Å²) in [7, 11) is 0. The van der Waals surface area contributed by atoms with Crippen LogP contribution in [0.2, 0.25) is 0 Å². The summed E-state index contributed by atoms with van der Waals surface area (Å²) in [6.45, 7) is 0. The molecule has 0 fully saturated rings. The third-order valence-corrected chi connectivity index (χ3v) is 12.9. The number of fused-ring (bicyclic) bond motifs is 11. The molecule has 0 saturated heterocycles. The Labute approximate surface area is 341 Å². The van der Waals surface area contributed by atoms with E-state index in [-0.39, 0.29) is 0 Å². The molecular weight excluding hydrogens is 711 g/mol. The van der Waals surface area contributed by atoms with E-state index >= 15 is 0 Å². The lowest BCUT2D eigenvalue weighted by molar-refractivity contribution is 1.19. The summed E-state index contributed by atoms with van der Waals surface area (Å²) in [5.41, 5.74) is 16.3. The second kappa shape index (κ2) is 12.4. The molecule has 11 aromatic carbocycles. The Morgan fingerprint density at radius 1 is 0.254 bits per heavy atom. The van der Waals surface area contributed by atoms with Gasteiger partial charge in [0.15, 0.2) is 0 Å². The summed E-state index contributed by atoms with van der Waals surface area (Å²) in [6.07, 6.45) is 0. The minimum atomic E-state index is 1.16. The average molecular weight is 746 g/mol. The number of nitrogens with zero attached hydrogens (tertiary/aromatic N) is 1. The molecule has 12 aromatic rings. The lowest BCUT2D eigenvalue weighted by Gasteiger charge is -2.18. The van der Waals surface area contributed by atoms with E-state index in [0.717, 1.165) is 5.69 Å². The van der Waals surface area contributed by atoms with Crippen LogP contribution in [-0.4, -0.2) is 4.57 Å². The van der Waals surface area contributed by atoms with Crippen LogP contribution in [-0.2, 0) is 0 Å². The van der Waals surface area contributed by atoms with Gasteiger partial charge < -0.3 is 4.57 Å². The molecule has 0 spiro atoms. The largest absolute Gasteiger partial charge is 0.309 e. The topological polar surface area (TPSA) is 4.93 Å². The summed E-state index contributed by atoms with van der Waals surface area (Å²) < 4.78 is 2.51. The summed E-state index contributed by atoms with van der Waals surface area (Å²) in [5, 5.41) is 12.7.